The van der Waals surface area contributed by atoms with E-state index < -0.39 is 29.9 Å². The molecule has 2 amide bonds. The van der Waals surface area contributed by atoms with Gasteiger partial charge >= 0.3 is 5.97 Å². The second-order valence-electron chi connectivity index (χ2n) is 10.4. The van der Waals surface area contributed by atoms with Crippen molar-refractivity contribution in [1.29, 1.82) is 5.26 Å². The van der Waals surface area contributed by atoms with Crippen molar-refractivity contribution in [2.24, 2.45) is 0 Å². The zero-order valence-electron chi connectivity index (χ0n) is 25.0. The number of ether oxygens (including phenoxy) is 2. The van der Waals surface area contributed by atoms with Gasteiger partial charge in [0.25, 0.3) is 0 Å². The number of amides is 2. The first-order chi connectivity index (χ1) is 21.9. The van der Waals surface area contributed by atoms with Crippen LogP contribution >= 0.6 is 0 Å². The molecule has 0 aliphatic rings. The highest BCUT2D eigenvalue weighted by Gasteiger charge is 2.29. The Morgan fingerprint density at radius 2 is 1.60 bits per heavy atom. The number of benzene rings is 3. The van der Waals surface area contributed by atoms with Crippen LogP contribution in [0.25, 0.3) is 0 Å². The molecular weight excluding hydrogens is 570 g/mol. The van der Waals surface area contributed by atoms with Gasteiger partial charge in [-0.25, -0.2) is 4.79 Å². The fourth-order valence-corrected chi connectivity index (χ4v) is 4.76. The van der Waals surface area contributed by atoms with Crippen molar-refractivity contribution in [3.8, 4) is 6.07 Å². The second-order valence-corrected chi connectivity index (χ2v) is 10.4. The summed E-state index contributed by atoms with van der Waals surface area (Å²) in [6.07, 6.45) is 1.66. The lowest BCUT2D eigenvalue weighted by Crippen LogP contribution is -2.52. The molecule has 0 aliphatic heterocycles. The van der Waals surface area contributed by atoms with Crippen LogP contribution in [0.5, 0.6) is 0 Å². The van der Waals surface area contributed by atoms with Crippen LogP contribution in [0.2, 0.25) is 0 Å². The zero-order chi connectivity index (χ0) is 32.0. The summed E-state index contributed by atoms with van der Waals surface area (Å²) in [6.45, 7) is 5.31. The molecule has 0 saturated carbocycles. The normalized spacial score (nSPS) is 12.0. The number of carbonyl (C=O) groups excluding carboxylic acids is 3. The molecule has 1 aromatic heterocycles. The number of esters is 1. The summed E-state index contributed by atoms with van der Waals surface area (Å²) in [5.74, 6) is -1.79. The average molecular weight is 606 g/mol. The first kappa shape index (κ1) is 32.5. The highest BCUT2D eigenvalue weighted by Crippen LogP contribution is 2.25. The number of nitriles is 1. The van der Waals surface area contributed by atoms with Crippen LogP contribution in [0.3, 0.4) is 0 Å². The largest absolute Gasteiger partial charge is 0.456 e. The SMILES string of the molecule is C=CCOC(=O)c1ccc(COC[C@@H](C#N)NC(=O)[C@H](Cc2cccc(C)c2)NC(=O)C(c2ccccc2)c2ccccc2)o1. The minimum Gasteiger partial charge on any atom is -0.456 e. The minimum absolute atomic E-state index is 0.0135. The maximum Gasteiger partial charge on any atom is 0.374 e. The number of carbonyl (C=O) groups is 3. The van der Waals surface area contributed by atoms with Gasteiger partial charge in [-0.3, -0.25) is 9.59 Å². The van der Waals surface area contributed by atoms with Crippen LogP contribution in [0.15, 0.2) is 114 Å². The Morgan fingerprint density at radius 1 is 0.911 bits per heavy atom. The molecule has 3 aromatic carbocycles. The van der Waals surface area contributed by atoms with Crippen LogP contribution in [0.4, 0.5) is 0 Å². The summed E-state index contributed by atoms with van der Waals surface area (Å²) in [5.41, 5.74) is 3.45. The third-order valence-corrected chi connectivity index (χ3v) is 6.88. The minimum atomic E-state index is -1.01. The molecule has 45 heavy (non-hydrogen) atoms. The smallest absolute Gasteiger partial charge is 0.374 e. The van der Waals surface area contributed by atoms with Gasteiger partial charge in [-0.15, -0.1) is 0 Å². The topological polar surface area (TPSA) is 131 Å². The van der Waals surface area contributed by atoms with Gasteiger partial charge in [0.1, 0.15) is 31.1 Å². The molecule has 2 N–H and O–H groups in total. The van der Waals surface area contributed by atoms with E-state index >= 15 is 0 Å². The van der Waals surface area contributed by atoms with Gasteiger partial charge in [0.2, 0.25) is 17.6 Å². The van der Waals surface area contributed by atoms with E-state index in [2.05, 4.69) is 17.2 Å². The van der Waals surface area contributed by atoms with E-state index in [-0.39, 0.29) is 37.9 Å². The van der Waals surface area contributed by atoms with Crippen molar-refractivity contribution in [2.75, 3.05) is 13.2 Å². The lowest BCUT2D eigenvalue weighted by atomic mass is 9.90. The molecule has 9 nitrogen and oxygen atoms in total. The van der Waals surface area contributed by atoms with Crippen molar-refractivity contribution in [1.82, 2.24) is 10.6 Å². The summed E-state index contributed by atoms with van der Waals surface area (Å²) in [6, 6.07) is 29.5. The molecule has 230 valence electrons. The maximum absolute atomic E-state index is 13.9. The Labute approximate surface area is 262 Å². The number of nitrogens with one attached hydrogen (secondary N) is 2. The average Bonchev–Trinajstić information content (AvgIpc) is 3.53. The van der Waals surface area contributed by atoms with Gasteiger partial charge in [-0.1, -0.05) is 103 Å². The highest BCUT2D eigenvalue weighted by molar-refractivity contribution is 5.92. The molecule has 2 atom stereocenters. The van der Waals surface area contributed by atoms with E-state index in [1.807, 2.05) is 97.9 Å². The number of hydrogen-bond acceptors (Lipinski definition) is 7. The molecule has 0 unspecified atom stereocenters. The van der Waals surface area contributed by atoms with E-state index in [1.54, 1.807) is 6.07 Å². The highest BCUT2D eigenvalue weighted by atomic mass is 16.5. The van der Waals surface area contributed by atoms with Gasteiger partial charge in [-0.05, 0) is 35.7 Å². The molecule has 0 fully saturated rings. The standard InChI is InChI=1S/C36H35N3O6/c1-3-19-44-36(42)32-18-17-30(45-32)24-43-23-29(22-37)38-34(40)31(21-26-12-10-11-25(2)20-26)39-35(41)33(27-13-6-4-7-14-27)28-15-8-5-9-16-28/h3-18,20,29,31,33H,1,19,21,23-24H2,2H3,(H,38,40)(H,39,41)/t29-,31+/m1/s1. The van der Waals surface area contributed by atoms with E-state index in [4.69, 9.17) is 13.9 Å². The summed E-state index contributed by atoms with van der Waals surface area (Å²) < 4.78 is 16.0. The first-order valence-electron chi connectivity index (χ1n) is 14.5. The van der Waals surface area contributed by atoms with E-state index in [1.165, 1.54) is 12.1 Å². The molecule has 9 heteroatoms. The number of nitrogens with zero attached hydrogens (tertiary/aromatic N) is 1. The summed E-state index contributed by atoms with van der Waals surface area (Å²) in [7, 11) is 0. The van der Waals surface area contributed by atoms with E-state index in [0.29, 0.717) is 5.76 Å². The van der Waals surface area contributed by atoms with E-state index in [0.717, 1.165) is 22.3 Å². The zero-order valence-corrected chi connectivity index (χ0v) is 25.0. The molecule has 0 saturated heterocycles. The van der Waals surface area contributed by atoms with Crippen molar-refractivity contribution in [2.45, 2.75) is 38.0 Å². The molecule has 0 radical (unpaired) electrons. The van der Waals surface area contributed by atoms with Crippen molar-refractivity contribution >= 4 is 17.8 Å². The number of hydrogen-bond donors (Lipinski definition) is 2. The Balaban J connectivity index is 1.46. The van der Waals surface area contributed by atoms with Gasteiger partial charge in [0.05, 0.1) is 18.6 Å². The van der Waals surface area contributed by atoms with Gasteiger partial charge in [-0.2, -0.15) is 5.26 Å². The van der Waals surface area contributed by atoms with Crippen LogP contribution in [0, 0.1) is 18.3 Å². The van der Waals surface area contributed by atoms with Crippen molar-refractivity contribution in [3.05, 3.63) is 143 Å². The molecule has 0 spiro atoms. The van der Waals surface area contributed by atoms with Gasteiger partial charge in [0.15, 0.2) is 0 Å². The van der Waals surface area contributed by atoms with Crippen LogP contribution < -0.4 is 10.6 Å². The number of furan rings is 1. The lowest BCUT2D eigenvalue weighted by molar-refractivity contribution is -0.129. The third kappa shape index (κ3) is 9.51. The third-order valence-electron chi connectivity index (χ3n) is 6.88. The molecule has 1 heterocycles. The second kappa shape index (κ2) is 16.4. The molecule has 0 bridgehead atoms. The quantitative estimate of drug-likeness (QED) is 0.144. The Kier molecular flexibility index (Phi) is 11.8. The summed E-state index contributed by atoms with van der Waals surface area (Å²) >= 11 is 0. The van der Waals surface area contributed by atoms with Crippen LogP contribution in [-0.4, -0.2) is 43.1 Å². The molecule has 0 aliphatic carbocycles. The van der Waals surface area contributed by atoms with Crippen LogP contribution in [0.1, 0.15) is 44.5 Å². The van der Waals surface area contributed by atoms with Crippen molar-refractivity contribution in [3.63, 3.8) is 0 Å². The number of rotatable bonds is 15. The maximum atomic E-state index is 13.9. The Morgan fingerprint density at radius 3 is 2.22 bits per heavy atom. The number of aryl methyl sites for hydroxylation is 1. The van der Waals surface area contributed by atoms with Gasteiger partial charge in [0, 0.05) is 6.42 Å². The van der Waals surface area contributed by atoms with Crippen molar-refractivity contribution < 1.29 is 28.3 Å². The Hall–Kier alpha value is -5.46. The molecule has 4 rings (SSSR count). The molecule has 4 aromatic rings. The Bertz CT molecular complexity index is 1590. The fourth-order valence-electron chi connectivity index (χ4n) is 4.76. The monoisotopic (exact) mass is 605 g/mol. The first-order valence-corrected chi connectivity index (χ1v) is 14.5. The molecular formula is C36H35N3O6. The lowest BCUT2D eigenvalue weighted by Gasteiger charge is -2.24. The van der Waals surface area contributed by atoms with Gasteiger partial charge < -0.3 is 24.5 Å². The summed E-state index contributed by atoms with van der Waals surface area (Å²) in [4.78, 5) is 39.4. The predicted molar refractivity (Wildman–Crippen MR) is 168 cm³/mol. The summed E-state index contributed by atoms with van der Waals surface area (Å²) in [5, 5.41) is 15.4. The van der Waals surface area contributed by atoms with E-state index in [9.17, 15) is 19.6 Å². The predicted octanol–water partition coefficient (Wildman–Crippen LogP) is 5.02. The van der Waals surface area contributed by atoms with Crippen LogP contribution in [-0.2, 0) is 32.1 Å². The fraction of sp³-hybridized carbons (Fsp3) is 0.222.